The third kappa shape index (κ3) is 2.62. The number of anilines is 1. The number of nitrogens with one attached hydrogen (secondary N) is 1. The Hall–Kier alpha value is -1.46. The minimum Gasteiger partial charge on any atom is -0.296 e. The first kappa shape index (κ1) is 12.0. The Balaban J connectivity index is 2.23. The molecule has 0 saturated carbocycles. The summed E-state index contributed by atoms with van der Waals surface area (Å²) < 4.78 is 0. The highest BCUT2D eigenvalue weighted by Crippen LogP contribution is 2.21. The topological polar surface area (TPSA) is 54.9 Å². The molecule has 2 rings (SSSR count). The van der Waals surface area contributed by atoms with Crippen molar-refractivity contribution in [3.63, 3.8) is 0 Å². The maximum absolute atomic E-state index is 12.0. The van der Waals surface area contributed by atoms with Gasteiger partial charge in [-0.2, -0.15) is 0 Å². The summed E-state index contributed by atoms with van der Waals surface area (Å²) in [5.74, 6) is -0.221. The second-order valence-corrected chi connectivity index (χ2v) is 5.08. The predicted molar refractivity (Wildman–Crippen MR) is 68.8 cm³/mol. The van der Waals surface area contributed by atoms with Crippen LogP contribution >= 0.6 is 22.9 Å². The molecule has 0 aliphatic carbocycles. The van der Waals surface area contributed by atoms with Gasteiger partial charge < -0.3 is 0 Å². The number of aryl methyl sites for hydroxylation is 1. The largest absolute Gasteiger partial charge is 0.296 e. The summed E-state index contributed by atoms with van der Waals surface area (Å²) in [6, 6.07) is 5.23. The molecule has 1 aromatic heterocycles. The molecule has 1 amide bonds. The van der Waals surface area contributed by atoms with Gasteiger partial charge in [-0.15, -0.1) is 10.2 Å². The fraction of sp³-hybridized carbons (Fsp3) is 0.182. The summed E-state index contributed by atoms with van der Waals surface area (Å²) in [4.78, 5) is 12.0. The lowest BCUT2D eigenvalue weighted by molar-refractivity contribution is 0.102. The predicted octanol–water partition coefficient (Wildman–Crippen LogP) is 3.06. The van der Waals surface area contributed by atoms with Gasteiger partial charge in [-0.1, -0.05) is 29.0 Å². The van der Waals surface area contributed by atoms with Gasteiger partial charge in [-0.25, -0.2) is 0 Å². The Morgan fingerprint density at radius 3 is 2.76 bits per heavy atom. The van der Waals surface area contributed by atoms with Crippen LogP contribution in [0, 0.1) is 13.8 Å². The summed E-state index contributed by atoms with van der Waals surface area (Å²) in [7, 11) is 0. The zero-order valence-electron chi connectivity index (χ0n) is 9.32. The van der Waals surface area contributed by atoms with Crippen LogP contribution in [0.5, 0.6) is 0 Å². The minimum absolute atomic E-state index is 0.221. The molecular formula is C11H10ClN3OS. The Labute approximate surface area is 108 Å². The van der Waals surface area contributed by atoms with E-state index in [0.29, 0.717) is 15.7 Å². The molecule has 0 atom stereocenters. The summed E-state index contributed by atoms with van der Waals surface area (Å²) in [5.41, 5.74) is 1.30. The standard InChI is InChI=1S/C11H10ClN3OS/c1-6-8(4-3-5-9(6)12)10(16)13-11-15-14-7(2)17-11/h3-5H,1-2H3,(H,13,15,16). The molecule has 0 aliphatic heterocycles. The van der Waals surface area contributed by atoms with Crippen molar-refractivity contribution in [2.75, 3.05) is 5.32 Å². The van der Waals surface area contributed by atoms with Crippen LogP contribution in [0.3, 0.4) is 0 Å². The number of nitrogens with zero attached hydrogens (tertiary/aromatic N) is 2. The van der Waals surface area contributed by atoms with Gasteiger partial charge in [0.2, 0.25) is 5.13 Å². The summed E-state index contributed by atoms with van der Waals surface area (Å²) >= 11 is 7.29. The van der Waals surface area contributed by atoms with Crippen molar-refractivity contribution in [3.8, 4) is 0 Å². The maximum atomic E-state index is 12.0. The molecule has 6 heteroatoms. The van der Waals surface area contributed by atoms with Crippen molar-refractivity contribution < 1.29 is 4.79 Å². The van der Waals surface area contributed by atoms with Gasteiger partial charge in [0.15, 0.2) is 0 Å². The third-order valence-electron chi connectivity index (χ3n) is 2.26. The zero-order valence-corrected chi connectivity index (χ0v) is 10.9. The van der Waals surface area contributed by atoms with Crippen LogP contribution in [0.25, 0.3) is 0 Å². The van der Waals surface area contributed by atoms with Crippen LogP contribution in [0.1, 0.15) is 20.9 Å². The highest BCUT2D eigenvalue weighted by molar-refractivity contribution is 7.15. The first-order valence-electron chi connectivity index (χ1n) is 4.94. The van der Waals surface area contributed by atoms with E-state index in [1.54, 1.807) is 18.2 Å². The second kappa shape index (κ2) is 4.81. The van der Waals surface area contributed by atoms with Gasteiger partial charge in [-0.3, -0.25) is 10.1 Å². The van der Waals surface area contributed by atoms with Gasteiger partial charge in [0, 0.05) is 10.6 Å². The van der Waals surface area contributed by atoms with E-state index in [9.17, 15) is 4.79 Å². The van der Waals surface area contributed by atoms with Gasteiger partial charge >= 0.3 is 0 Å². The van der Waals surface area contributed by atoms with Gasteiger partial charge in [0.1, 0.15) is 5.01 Å². The average molecular weight is 268 g/mol. The number of hydrogen-bond donors (Lipinski definition) is 1. The molecule has 17 heavy (non-hydrogen) atoms. The maximum Gasteiger partial charge on any atom is 0.257 e. The molecule has 0 aliphatic rings. The van der Waals surface area contributed by atoms with E-state index in [-0.39, 0.29) is 5.91 Å². The van der Waals surface area contributed by atoms with Crippen molar-refractivity contribution in [2.24, 2.45) is 0 Å². The number of benzene rings is 1. The van der Waals surface area contributed by atoms with Crippen LogP contribution in [0.4, 0.5) is 5.13 Å². The number of hydrogen-bond acceptors (Lipinski definition) is 4. The molecule has 88 valence electrons. The lowest BCUT2D eigenvalue weighted by Crippen LogP contribution is -2.13. The minimum atomic E-state index is -0.221. The number of aromatic nitrogens is 2. The van der Waals surface area contributed by atoms with E-state index in [0.717, 1.165) is 10.6 Å². The number of rotatable bonds is 2. The summed E-state index contributed by atoms with van der Waals surface area (Å²) in [6.07, 6.45) is 0. The van der Waals surface area contributed by atoms with Crippen molar-refractivity contribution >= 4 is 34.0 Å². The molecule has 4 nitrogen and oxygen atoms in total. The van der Waals surface area contributed by atoms with Crippen LogP contribution in [0.2, 0.25) is 5.02 Å². The van der Waals surface area contributed by atoms with E-state index >= 15 is 0 Å². The molecule has 0 saturated heterocycles. The quantitative estimate of drug-likeness (QED) is 0.910. The Bertz CT molecular complexity index is 568. The van der Waals surface area contributed by atoms with Crippen molar-refractivity contribution in [1.29, 1.82) is 0 Å². The number of halogens is 1. The third-order valence-corrected chi connectivity index (χ3v) is 3.42. The molecular weight excluding hydrogens is 258 g/mol. The van der Waals surface area contributed by atoms with Crippen LogP contribution in [-0.2, 0) is 0 Å². The first-order valence-corrected chi connectivity index (χ1v) is 6.14. The smallest absolute Gasteiger partial charge is 0.257 e. The Kier molecular flexibility index (Phi) is 3.40. The Morgan fingerprint density at radius 2 is 2.12 bits per heavy atom. The lowest BCUT2D eigenvalue weighted by Gasteiger charge is -2.05. The highest BCUT2D eigenvalue weighted by Gasteiger charge is 2.12. The van der Waals surface area contributed by atoms with Crippen molar-refractivity contribution in [3.05, 3.63) is 39.4 Å². The molecule has 2 aromatic rings. The van der Waals surface area contributed by atoms with Crippen molar-refractivity contribution in [1.82, 2.24) is 10.2 Å². The first-order chi connectivity index (χ1) is 8.08. The van der Waals surface area contributed by atoms with E-state index < -0.39 is 0 Å². The molecule has 0 fully saturated rings. The van der Waals surface area contributed by atoms with Gasteiger partial charge in [0.05, 0.1) is 0 Å². The van der Waals surface area contributed by atoms with E-state index in [2.05, 4.69) is 15.5 Å². The molecule has 0 unspecified atom stereocenters. The van der Waals surface area contributed by atoms with E-state index in [1.807, 2.05) is 13.8 Å². The molecule has 1 aromatic carbocycles. The monoisotopic (exact) mass is 267 g/mol. The fourth-order valence-electron chi connectivity index (χ4n) is 1.36. The van der Waals surface area contributed by atoms with E-state index in [1.165, 1.54) is 11.3 Å². The highest BCUT2D eigenvalue weighted by atomic mass is 35.5. The Morgan fingerprint density at radius 1 is 1.35 bits per heavy atom. The fourth-order valence-corrected chi connectivity index (χ4v) is 2.13. The van der Waals surface area contributed by atoms with Crippen LogP contribution < -0.4 is 5.32 Å². The number of carbonyl (C=O) groups excluding carboxylic acids is 1. The molecule has 1 heterocycles. The lowest BCUT2D eigenvalue weighted by atomic mass is 10.1. The summed E-state index contributed by atoms with van der Waals surface area (Å²) in [5, 5.41) is 12.2. The molecule has 0 radical (unpaired) electrons. The number of carbonyl (C=O) groups is 1. The average Bonchev–Trinajstić information content (AvgIpc) is 2.68. The molecule has 0 spiro atoms. The van der Waals surface area contributed by atoms with Crippen molar-refractivity contribution in [2.45, 2.75) is 13.8 Å². The number of amides is 1. The molecule has 1 N–H and O–H groups in total. The normalized spacial score (nSPS) is 10.3. The second-order valence-electron chi connectivity index (χ2n) is 3.49. The van der Waals surface area contributed by atoms with E-state index in [4.69, 9.17) is 11.6 Å². The summed E-state index contributed by atoms with van der Waals surface area (Å²) in [6.45, 7) is 3.64. The van der Waals surface area contributed by atoms with Gasteiger partial charge in [-0.05, 0) is 31.5 Å². The molecule has 0 bridgehead atoms. The van der Waals surface area contributed by atoms with Crippen LogP contribution in [0.15, 0.2) is 18.2 Å². The van der Waals surface area contributed by atoms with Crippen LogP contribution in [-0.4, -0.2) is 16.1 Å². The SMILES string of the molecule is Cc1nnc(NC(=O)c2cccc(Cl)c2C)s1. The zero-order chi connectivity index (χ0) is 12.4. The van der Waals surface area contributed by atoms with Gasteiger partial charge in [0.25, 0.3) is 5.91 Å².